The predicted molar refractivity (Wildman–Crippen MR) is 313 cm³/mol. The molecule has 0 unspecified atom stereocenters. The Morgan fingerprint density at radius 1 is 0.481 bits per heavy atom. The Morgan fingerprint density at radius 2 is 1.16 bits per heavy atom. The Kier molecular flexibility index (Phi) is 8.08. The molecule has 13 aromatic rings. The number of imidazole rings is 1. The van der Waals surface area contributed by atoms with Crippen molar-refractivity contribution in [3.63, 3.8) is 0 Å². The number of fused-ring (bicyclic) bond motifs is 7. The summed E-state index contributed by atoms with van der Waals surface area (Å²) in [6.45, 7) is 6.37. The van der Waals surface area contributed by atoms with Gasteiger partial charge in [-0.3, -0.25) is 0 Å². The molecule has 0 amide bonds. The maximum absolute atomic E-state index is 9.67. The average Bonchev–Trinajstić information content (AvgIpc) is 1.42. The number of pyridine rings is 1. The summed E-state index contributed by atoms with van der Waals surface area (Å²) >= 11 is 2.19. The van der Waals surface area contributed by atoms with Gasteiger partial charge in [0.15, 0.2) is 0 Å². The molecule has 3 heterocycles. The molecule has 372 valence electrons. The van der Waals surface area contributed by atoms with Gasteiger partial charge in [0.2, 0.25) is 0 Å². The summed E-state index contributed by atoms with van der Waals surface area (Å²) in [6, 6.07) is 40.6. The van der Waals surface area contributed by atoms with Gasteiger partial charge in [-0.15, -0.1) is 0 Å². The van der Waals surface area contributed by atoms with Gasteiger partial charge in [0.1, 0.15) is 0 Å². The van der Waals surface area contributed by atoms with Gasteiger partial charge in [-0.05, 0) is 28.2 Å². The number of aromatic nitrogens is 4. The van der Waals surface area contributed by atoms with E-state index in [0.29, 0.717) is 54.5 Å². The van der Waals surface area contributed by atoms with E-state index in [0.717, 1.165) is 49.6 Å². The standard InChI is InChI=1S/C71H52N4O.Pt/c1-71(2,3)54-37-38-72-68(42-54)75-64-36-32-52(48-21-10-5-11-22-48)40-62(64)59-35-33-57(44-67(59)75)76-56-28-18-27-55(43-56)73-46-74(66-30-17-16-29-65(66)73)70-60(49-23-12-6-13-24-49)45-61-58-34-31-51(47-19-8-4-9-20-47)39-53(58)41-63(61)69(70)50-25-14-7-15-26-50;/h4-40,42-45H,41H2,1-3H3;/i5D,6D,7D,10D,11D,12D,13D,14D,15D,21D,22D,23D,24D,25D,26D;. The van der Waals surface area contributed by atoms with Crippen molar-refractivity contribution in [3.05, 3.63) is 269 Å². The number of hydrogen-bond donors (Lipinski definition) is 0. The van der Waals surface area contributed by atoms with E-state index < -0.39 is 78.6 Å². The molecule has 6 heteroatoms. The van der Waals surface area contributed by atoms with Crippen LogP contribution in [0.4, 0.5) is 0 Å². The molecule has 77 heavy (non-hydrogen) atoms. The first-order valence-corrected chi connectivity index (χ1v) is 26.2. The fourth-order valence-corrected chi connectivity index (χ4v) is 11.9. The second-order valence-electron chi connectivity index (χ2n) is 20.0. The van der Waals surface area contributed by atoms with Crippen LogP contribution >= 0.6 is 0 Å². The molecular formula is C71H52N4OPt. The van der Waals surface area contributed by atoms with Gasteiger partial charge in [-0.25, -0.2) is 0 Å². The van der Waals surface area contributed by atoms with Gasteiger partial charge in [0.25, 0.3) is 0 Å². The third-order valence-electron chi connectivity index (χ3n) is 14.4. The molecule has 10 aromatic carbocycles. The number of benzene rings is 10. The normalized spacial score (nSPS) is 14.8. The molecule has 1 aliphatic carbocycles. The van der Waals surface area contributed by atoms with Crippen LogP contribution in [0.5, 0.6) is 11.5 Å². The minimum Gasteiger partial charge on any atom is -0.0617 e. The third-order valence-corrected chi connectivity index (χ3v) is 15.4. The van der Waals surface area contributed by atoms with Crippen LogP contribution in [0.2, 0.25) is 0 Å². The smallest absolute Gasteiger partial charge is 0.0617 e. The zero-order valence-electron chi connectivity index (χ0n) is 56.7. The monoisotopic (exact) mass is 1190 g/mol. The van der Waals surface area contributed by atoms with E-state index in [1.807, 2.05) is 153 Å². The van der Waals surface area contributed by atoms with Crippen molar-refractivity contribution in [1.82, 2.24) is 18.7 Å². The molecule has 0 atom stereocenters. The van der Waals surface area contributed by atoms with Crippen molar-refractivity contribution in [2.24, 2.45) is 0 Å². The summed E-state index contributed by atoms with van der Waals surface area (Å²) in [4.78, 5) is 4.88. The maximum atomic E-state index is 9.67. The van der Waals surface area contributed by atoms with E-state index in [2.05, 4.69) is 46.2 Å². The molecule has 5 nitrogen and oxygen atoms in total. The Balaban J connectivity index is 0.979. The van der Waals surface area contributed by atoms with E-state index in [1.54, 1.807) is 12.3 Å². The fraction of sp³-hybridized carbons (Fsp3) is 0.0704. The van der Waals surface area contributed by atoms with Gasteiger partial charge in [0.05, 0.1) is 6.85 Å². The van der Waals surface area contributed by atoms with E-state index >= 15 is 0 Å². The molecule has 0 N–H and O–H groups in total. The summed E-state index contributed by atoms with van der Waals surface area (Å²) in [5, 5.41) is 1.53. The molecule has 0 saturated carbocycles. The Bertz CT molecular complexity index is 5350. The zero-order chi connectivity index (χ0) is 64.8. The third kappa shape index (κ3) is 8.13. The Labute approximate surface area is 480 Å². The summed E-state index contributed by atoms with van der Waals surface area (Å²) in [5.74, 6) is 1.52. The molecule has 0 saturated heterocycles. The first kappa shape index (κ1) is 33.2. The number of ether oxygens (including phenoxy) is 1. The van der Waals surface area contributed by atoms with Crippen LogP contribution in [-0.2, 0) is 31.2 Å². The molecule has 0 spiro atoms. The number of hydrogen-bond acceptors (Lipinski definition) is 2. The van der Waals surface area contributed by atoms with E-state index in [4.69, 9.17) is 24.8 Å². The molecule has 14 rings (SSSR count). The zero-order valence-corrected chi connectivity index (χ0v) is 44.0. The summed E-state index contributed by atoms with van der Waals surface area (Å²) in [7, 11) is 0. The number of nitrogens with zero attached hydrogens (tertiary/aromatic N) is 4. The van der Waals surface area contributed by atoms with E-state index in [1.165, 1.54) is 0 Å². The molecule has 1 aliphatic rings. The average molecular weight is 1190 g/mol. The SMILES string of the molecule is [2H]c1c([2H])c([2H])c(-c2ccc3c(c2)c2ccc(Oc4cccc(-n5[c](=[Pt])n(-c6c(-c7c([2H])c([2H])c([2H])c([2H])c7[2H])cc7c(c6-c6c([2H])c([2H])c([2H])c([2H])c6[2H])Cc6cc(-c8ccccc8)ccc6-7)c6ccccc65)c4)cc2n3-c2cc(C(C)(C)C)ccn2)c([2H])c1[2H]. The van der Waals surface area contributed by atoms with Crippen LogP contribution in [0.15, 0.2) is 248 Å². The molecular weight excluding hydrogens is 1120 g/mol. The van der Waals surface area contributed by atoms with Crippen LogP contribution in [0.25, 0.3) is 106 Å². The second kappa shape index (κ2) is 18.7. The summed E-state index contributed by atoms with van der Waals surface area (Å²) in [5.41, 5.74) is 9.85. The van der Waals surface area contributed by atoms with Crippen molar-refractivity contribution in [1.29, 1.82) is 0 Å². The minimum absolute atomic E-state index is 0.0854. The van der Waals surface area contributed by atoms with Crippen LogP contribution in [0, 0.1) is 3.80 Å². The first-order valence-electron chi connectivity index (χ1n) is 32.6. The van der Waals surface area contributed by atoms with Crippen LogP contribution in [0.3, 0.4) is 0 Å². The van der Waals surface area contributed by atoms with Gasteiger partial charge < -0.3 is 0 Å². The molecule has 0 aliphatic heterocycles. The molecule has 0 radical (unpaired) electrons. The van der Waals surface area contributed by atoms with Crippen molar-refractivity contribution in [3.8, 4) is 84.3 Å². The van der Waals surface area contributed by atoms with E-state index in [9.17, 15) is 5.48 Å². The molecule has 3 aromatic heterocycles. The van der Waals surface area contributed by atoms with Gasteiger partial charge in [0, 0.05) is 6.20 Å². The molecule has 0 fully saturated rings. The van der Waals surface area contributed by atoms with Crippen LogP contribution in [0.1, 0.15) is 58.0 Å². The first-order chi connectivity index (χ1) is 43.9. The van der Waals surface area contributed by atoms with Crippen molar-refractivity contribution < 1.29 is 44.7 Å². The quantitative estimate of drug-likeness (QED) is 0.144. The summed E-state index contributed by atoms with van der Waals surface area (Å²) in [6.07, 6.45) is 2.02. The predicted octanol–water partition coefficient (Wildman–Crippen LogP) is 18.3. The van der Waals surface area contributed by atoms with Crippen LogP contribution < -0.4 is 4.74 Å². The van der Waals surface area contributed by atoms with E-state index in [-0.39, 0.29) is 57.4 Å². The van der Waals surface area contributed by atoms with Gasteiger partial charge >= 0.3 is 378 Å². The van der Waals surface area contributed by atoms with Crippen molar-refractivity contribution >= 4 is 32.8 Å². The van der Waals surface area contributed by atoms with Gasteiger partial charge in [-0.1, -0.05) is 63.1 Å². The number of rotatable bonds is 9. The topological polar surface area (TPSA) is 36.9 Å². The molecule has 0 bridgehead atoms. The minimum atomic E-state index is -0.591. The second-order valence-corrected chi connectivity index (χ2v) is 21.0. The summed E-state index contributed by atoms with van der Waals surface area (Å²) < 4.78 is 148. The Morgan fingerprint density at radius 3 is 1.91 bits per heavy atom. The van der Waals surface area contributed by atoms with Gasteiger partial charge in [-0.2, -0.15) is 0 Å². The van der Waals surface area contributed by atoms with Crippen molar-refractivity contribution in [2.75, 3.05) is 0 Å². The Hall–Kier alpha value is -8.89. The van der Waals surface area contributed by atoms with Crippen LogP contribution in [-0.4, -0.2) is 18.7 Å². The van der Waals surface area contributed by atoms with Crippen molar-refractivity contribution in [2.45, 2.75) is 32.6 Å². The fourth-order valence-electron chi connectivity index (χ4n) is 10.9. The number of para-hydroxylation sites is 2.